The summed E-state index contributed by atoms with van der Waals surface area (Å²) in [5, 5.41) is 0.185. The van der Waals surface area contributed by atoms with Crippen molar-refractivity contribution in [2.45, 2.75) is 24.6 Å². The van der Waals surface area contributed by atoms with Crippen LogP contribution in [0.2, 0.25) is 0 Å². The minimum atomic E-state index is 0.185. The number of alkyl halides is 1. The van der Waals surface area contributed by atoms with Gasteiger partial charge in [-0.05, 0) is 18.8 Å². The topological polar surface area (TPSA) is 37.9 Å². The van der Waals surface area contributed by atoms with Crippen LogP contribution in [0.5, 0.6) is 0 Å². The summed E-state index contributed by atoms with van der Waals surface area (Å²) in [4.78, 5) is 7.26. The molecule has 1 atom stereocenters. The molecule has 1 unspecified atom stereocenters. The van der Waals surface area contributed by atoms with E-state index in [-0.39, 0.29) is 5.38 Å². The first-order valence-electron chi connectivity index (χ1n) is 5.06. The van der Waals surface area contributed by atoms with Gasteiger partial charge >= 0.3 is 0 Å². The van der Waals surface area contributed by atoms with Gasteiger partial charge in [0.15, 0.2) is 0 Å². The van der Waals surface area contributed by atoms with Gasteiger partial charge in [0, 0.05) is 37.4 Å². The molecule has 1 N–H and O–H groups in total. The number of nitrogens with zero attached hydrogens (tertiary/aromatic N) is 1. The molecule has 1 aliphatic heterocycles. The predicted molar refractivity (Wildman–Crippen MR) is 55.5 cm³/mol. The van der Waals surface area contributed by atoms with Crippen molar-refractivity contribution in [2.75, 3.05) is 13.2 Å². The number of aromatic amines is 1. The second kappa shape index (κ2) is 4.80. The van der Waals surface area contributed by atoms with Gasteiger partial charge in [-0.25, -0.2) is 4.98 Å². The van der Waals surface area contributed by atoms with Crippen molar-refractivity contribution in [2.24, 2.45) is 5.92 Å². The van der Waals surface area contributed by atoms with E-state index in [9.17, 15) is 0 Å². The summed E-state index contributed by atoms with van der Waals surface area (Å²) < 4.78 is 5.30. The number of H-pyrrole nitrogens is 1. The molecule has 4 heteroatoms. The molecule has 1 aromatic heterocycles. The van der Waals surface area contributed by atoms with E-state index in [1.807, 2.05) is 6.20 Å². The molecule has 3 nitrogen and oxygen atoms in total. The number of hydrogen-bond acceptors (Lipinski definition) is 2. The number of hydrogen-bond donors (Lipinski definition) is 1. The molecule has 0 saturated carbocycles. The molecule has 1 fully saturated rings. The molecule has 2 rings (SSSR count). The summed E-state index contributed by atoms with van der Waals surface area (Å²) in [6, 6.07) is 0. The molecule has 1 aliphatic rings. The van der Waals surface area contributed by atoms with Crippen LogP contribution in [-0.2, 0) is 11.2 Å². The Balaban J connectivity index is 1.85. The van der Waals surface area contributed by atoms with Crippen molar-refractivity contribution in [3.8, 4) is 0 Å². The highest BCUT2D eigenvalue weighted by atomic mass is 35.5. The van der Waals surface area contributed by atoms with Crippen molar-refractivity contribution in [1.29, 1.82) is 0 Å². The Hall–Kier alpha value is -0.540. The quantitative estimate of drug-likeness (QED) is 0.782. The number of ether oxygens (including phenoxy) is 1. The van der Waals surface area contributed by atoms with E-state index < -0.39 is 0 Å². The minimum absolute atomic E-state index is 0.185. The van der Waals surface area contributed by atoms with Crippen molar-refractivity contribution in [1.82, 2.24) is 9.97 Å². The molecule has 0 aromatic carbocycles. The first kappa shape index (κ1) is 9.99. The van der Waals surface area contributed by atoms with E-state index in [0.29, 0.717) is 5.92 Å². The highest BCUT2D eigenvalue weighted by Crippen LogP contribution is 2.24. The first-order chi connectivity index (χ1) is 6.86. The van der Waals surface area contributed by atoms with Crippen LogP contribution in [-0.4, -0.2) is 28.6 Å². The van der Waals surface area contributed by atoms with Crippen molar-refractivity contribution >= 4 is 11.6 Å². The van der Waals surface area contributed by atoms with Crippen LogP contribution >= 0.6 is 11.6 Å². The van der Waals surface area contributed by atoms with E-state index in [0.717, 1.165) is 38.3 Å². The third kappa shape index (κ3) is 2.49. The molecule has 0 spiro atoms. The molecule has 0 amide bonds. The molecule has 2 heterocycles. The first-order valence-corrected chi connectivity index (χ1v) is 5.50. The maximum Gasteiger partial charge on any atom is 0.107 e. The fraction of sp³-hybridized carbons (Fsp3) is 0.700. The zero-order chi connectivity index (χ0) is 9.80. The largest absolute Gasteiger partial charge is 0.381 e. The molecular weight excluding hydrogens is 200 g/mol. The summed E-state index contributed by atoms with van der Waals surface area (Å²) >= 11 is 6.34. The average molecular weight is 215 g/mol. The van der Waals surface area contributed by atoms with E-state index >= 15 is 0 Å². The van der Waals surface area contributed by atoms with Crippen LogP contribution in [0.25, 0.3) is 0 Å². The number of aromatic nitrogens is 2. The highest BCUT2D eigenvalue weighted by molar-refractivity contribution is 6.20. The molecule has 14 heavy (non-hydrogen) atoms. The SMILES string of the molecule is ClC(Cc1ncc[nH]1)C1CCOCC1. The molecule has 78 valence electrons. The number of imidazole rings is 1. The van der Waals surface area contributed by atoms with Crippen LogP contribution < -0.4 is 0 Å². The monoisotopic (exact) mass is 214 g/mol. The van der Waals surface area contributed by atoms with Gasteiger partial charge in [0.05, 0.1) is 0 Å². The molecular formula is C10H15ClN2O. The summed E-state index contributed by atoms with van der Waals surface area (Å²) in [6.45, 7) is 1.71. The van der Waals surface area contributed by atoms with Crippen LogP contribution in [0.3, 0.4) is 0 Å². The van der Waals surface area contributed by atoms with Crippen molar-refractivity contribution in [3.05, 3.63) is 18.2 Å². The molecule has 1 aromatic rings. The van der Waals surface area contributed by atoms with Crippen molar-refractivity contribution in [3.63, 3.8) is 0 Å². The normalized spacial score (nSPS) is 20.9. The Morgan fingerprint density at radius 3 is 3.00 bits per heavy atom. The van der Waals surface area contributed by atoms with Gasteiger partial charge in [-0.3, -0.25) is 0 Å². The third-order valence-corrected chi connectivity index (χ3v) is 3.23. The number of nitrogens with one attached hydrogen (secondary N) is 1. The summed E-state index contributed by atoms with van der Waals surface area (Å²) in [7, 11) is 0. The third-order valence-electron chi connectivity index (χ3n) is 2.72. The van der Waals surface area contributed by atoms with Gasteiger partial charge < -0.3 is 9.72 Å². The maximum absolute atomic E-state index is 6.34. The summed E-state index contributed by atoms with van der Waals surface area (Å²) in [6.07, 6.45) is 6.59. The highest BCUT2D eigenvalue weighted by Gasteiger charge is 2.22. The van der Waals surface area contributed by atoms with Crippen molar-refractivity contribution < 1.29 is 4.74 Å². The standard InChI is InChI=1S/C10H15ClN2O/c11-9(7-10-12-3-4-13-10)8-1-5-14-6-2-8/h3-4,8-9H,1-2,5-7H2,(H,12,13). The van der Waals surface area contributed by atoms with Gasteiger partial charge in [-0.15, -0.1) is 11.6 Å². The number of rotatable bonds is 3. The molecule has 0 bridgehead atoms. The fourth-order valence-electron chi connectivity index (χ4n) is 1.84. The van der Waals surface area contributed by atoms with Crippen LogP contribution in [0.1, 0.15) is 18.7 Å². The minimum Gasteiger partial charge on any atom is -0.381 e. The lowest BCUT2D eigenvalue weighted by Crippen LogP contribution is -2.25. The molecule has 0 radical (unpaired) electrons. The average Bonchev–Trinajstić information content (AvgIpc) is 2.72. The second-order valence-electron chi connectivity index (χ2n) is 3.71. The zero-order valence-electron chi connectivity index (χ0n) is 8.08. The summed E-state index contributed by atoms with van der Waals surface area (Å²) in [5.41, 5.74) is 0. The Morgan fingerprint density at radius 2 is 2.36 bits per heavy atom. The summed E-state index contributed by atoms with van der Waals surface area (Å²) in [5.74, 6) is 1.56. The fourth-order valence-corrected chi connectivity index (χ4v) is 2.24. The maximum atomic E-state index is 6.34. The lowest BCUT2D eigenvalue weighted by molar-refractivity contribution is 0.0650. The van der Waals surface area contributed by atoms with Gasteiger partial charge in [-0.1, -0.05) is 0 Å². The molecule has 1 saturated heterocycles. The van der Waals surface area contributed by atoms with E-state index in [2.05, 4.69) is 9.97 Å². The van der Waals surface area contributed by atoms with Crippen LogP contribution in [0.4, 0.5) is 0 Å². The van der Waals surface area contributed by atoms with E-state index in [1.165, 1.54) is 0 Å². The lowest BCUT2D eigenvalue weighted by Gasteiger charge is -2.25. The van der Waals surface area contributed by atoms with Gasteiger partial charge in [0.2, 0.25) is 0 Å². The van der Waals surface area contributed by atoms with Gasteiger partial charge in [-0.2, -0.15) is 0 Å². The lowest BCUT2D eigenvalue weighted by atomic mass is 9.94. The second-order valence-corrected chi connectivity index (χ2v) is 4.27. The smallest absolute Gasteiger partial charge is 0.107 e. The van der Waals surface area contributed by atoms with E-state index in [4.69, 9.17) is 16.3 Å². The van der Waals surface area contributed by atoms with Crippen LogP contribution in [0, 0.1) is 5.92 Å². The van der Waals surface area contributed by atoms with Gasteiger partial charge in [0.25, 0.3) is 0 Å². The van der Waals surface area contributed by atoms with E-state index in [1.54, 1.807) is 6.20 Å². The predicted octanol–water partition coefficient (Wildman–Crippen LogP) is 1.99. The Bertz CT molecular complexity index is 257. The Kier molecular flexibility index (Phi) is 3.43. The zero-order valence-corrected chi connectivity index (χ0v) is 8.83. The molecule has 0 aliphatic carbocycles. The van der Waals surface area contributed by atoms with Gasteiger partial charge in [0.1, 0.15) is 5.82 Å². The number of halogens is 1. The Labute approximate surface area is 88.8 Å². The Morgan fingerprint density at radius 1 is 1.57 bits per heavy atom. The van der Waals surface area contributed by atoms with Crippen LogP contribution in [0.15, 0.2) is 12.4 Å².